The van der Waals surface area contributed by atoms with Gasteiger partial charge in [0.1, 0.15) is 11.6 Å². The van der Waals surface area contributed by atoms with E-state index < -0.39 is 0 Å². The van der Waals surface area contributed by atoms with Gasteiger partial charge in [-0.25, -0.2) is 4.98 Å². The Morgan fingerprint density at radius 1 is 1.07 bits per heavy atom. The molecule has 0 aliphatic carbocycles. The lowest BCUT2D eigenvalue weighted by atomic mass is 10.1. The van der Waals surface area contributed by atoms with Crippen LogP contribution in [0.4, 0.5) is 17.5 Å². The highest BCUT2D eigenvalue weighted by Gasteiger charge is 2.05. The Hall–Kier alpha value is -3.59. The molecule has 0 saturated carbocycles. The molecule has 0 fully saturated rings. The highest BCUT2D eigenvalue weighted by atomic mass is 16.5. The van der Waals surface area contributed by atoms with Gasteiger partial charge in [0.15, 0.2) is 0 Å². The number of nitrogens with zero attached hydrogens (tertiary/aromatic N) is 3. The van der Waals surface area contributed by atoms with Crippen molar-refractivity contribution < 1.29 is 4.74 Å². The van der Waals surface area contributed by atoms with Crippen LogP contribution in [0.2, 0.25) is 0 Å². The van der Waals surface area contributed by atoms with Crippen molar-refractivity contribution in [1.82, 2.24) is 9.97 Å². The monoisotopic (exact) mass is 359 g/mol. The number of nitriles is 1. The Bertz CT molecular complexity index is 965. The van der Waals surface area contributed by atoms with E-state index in [2.05, 4.69) is 32.7 Å². The van der Waals surface area contributed by atoms with Gasteiger partial charge >= 0.3 is 0 Å². The second-order valence-electron chi connectivity index (χ2n) is 6.02. The first-order chi connectivity index (χ1) is 13.2. The van der Waals surface area contributed by atoms with Crippen molar-refractivity contribution in [2.45, 2.75) is 13.3 Å². The summed E-state index contributed by atoms with van der Waals surface area (Å²) in [6.45, 7) is 2.64. The molecule has 6 heteroatoms. The maximum atomic E-state index is 9.02. The number of aromatic nitrogens is 2. The molecule has 3 rings (SSSR count). The highest BCUT2D eigenvalue weighted by Crippen LogP contribution is 2.19. The van der Waals surface area contributed by atoms with Crippen molar-refractivity contribution in [3.8, 4) is 11.8 Å². The average molecular weight is 359 g/mol. The van der Waals surface area contributed by atoms with Gasteiger partial charge in [-0.05, 0) is 43.2 Å². The van der Waals surface area contributed by atoms with Crippen LogP contribution < -0.4 is 15.4 Å². The van der Waals surface area contributed by atoms with Gasteiger partial charge in [-0.3, -0.25) is 0 Å². The van der Waals surface area contributed by atoms with Gasteiger partial charge in [0.25, 0.3) is 0 Å². The summed E-state index contributed by atoms with van der Waals surface area (Å²) in [6, 6.07) is 19.2. The average Bonchev–Trinajstić information content (AvgIpc) is 2.68. The van der Waals surface area contributed by atoms with E-state index >= 15 is 0 Å². The molecule has 6 nitrogen and oxygen atoms in total. The molecule has 0 unspecified atom stereocenters. The number of anilines is 3. The van der Waals surface area contributed by atoms with E-state index in [1.807, 2.05) is 43.3 Å². The molecule has 3 aromatic rings. The van der Waals surface area contributed by atoms with Gasteiger partial charge in [0, 0.05) is 24.0 Å². The van der Waals surface area contributed by atoms with Crippen LogP contribution in [0.25, 0.3) is 0 Å². The lowest BCUT2D eigenvalue weighted by Crippen LogP contribution is -2.09. The third kappa shape index (κ3) is 4.95. The predicted octanol–water partition coefficient (Wildman–Crippen LogP) is 4.06. The second kappa shape index (κ2) is 8.68. The molecule has 27 heavy (non-hydrogen) atoms. The maximum Gasteiger partial charge on any atom is 0.229 e. The molecule has 1 aromatic heterocycles. The van der Waals surface area contributed by atoms with Crippen molar-refractivity contribution in [3.63, 3.8) is 0 Å². The third-order valence-electron chi connectivity index (χ3n) is 4.00. The molecule has 0 saturated heterocycles. The van der Waals surface area contributed by atoms with Gasteiger partial charge in [-0.15, -0.1) is 0 Å². The van der Waals surface area contributed by atoms with E-state index in [1.165, 1.54) is 0 Å². The van der Waals surface area contributed by atoms with Crippen LogP contribution in [0.15, 0.2) is 54.6 Å². The fourth-order valence-corrected chi connectivity index (χ4v) is 2.75. The van der Waals surface area contributed by atoms with Crippen molar-refractivity contribution in [3.05, 3.63) is 71.4 Å². The molecule has 136 valence electrons. The first kappa shape index (κ1) is 18.2. The smallest absolute Gasteiger partial charge is 0.229 e. The minimum absolute atomic E-state index is 0.491. The summed E-state index contributed by atoms with van der Waals surface area (Å²) in [4.78, 5) is 8.92. The summed E-state index contributed by atoms with van der Waals surface area (Å²) in [6.07, 6.45) is 0.819. The number of hydrogen-bond acceptors (Lipinski definition) is 6. The van der Waals surface area contributed by atoms with E-state index in [0.29, 0.717) is 11.5 Å². The highest BCUT2D eigenvalue weighted by molar-refractivity contribution is 5.57. The van der Waals surface area contributed by atoms with Crippen LogP contribution in [0.3, 0.4) is 0 Å². The van der Waals surface area contributed by atoms with Crippen LogP contribution in [0.1, 0.15) is 16.8 Å². The molecule has 0 radical (unpaired) electrons. The standard InChI is InChI=1S/C21H21N5O/c1-15-12-20(23-11-10-17-7-3-4-9-19(17)27-2)26-21(24-15)25-18-8-5-6-16(13-18)14-22/h3-9,12-13H,10-11H2,1-2H3,(H2,23,24,25,26). The lowest BCUT2D eigenvalue weighted by molar-refractivity contribution is 0.410. The normalized spacial score (nSPS) is 10.1. The number of para-hydroxylation sites is 1. The van der Waals surface area contributed by atoms with Crippen molar-refractivity contribution in [2.24, 2.45) is 0 Å². The number of hydrogen-bond donors (Lipinski definition) is 2. The van der Waals surface area contributed by atoms with E-state index in [9.17, 15) is 0 Å². The van der Waals surface area contributed by atoms with E-state index in [1.54, 1.807) is 19.2 Å². The first-order valence-electron chi connectivity index (χ1n) is 8.66. The quantitative estimate of drug-likeness (QED) is 0.662. The Morgan fingerprint density at radius 3 is 2.74 bits per heavy atom. The largest absolute Gasteiger partial charge is 0.496 e. The fourth-order valence-electron chi connectivity index (χ4n) is 2.75. The van der Waals surface area contributed by atoms with Crippen LogP contribution in [-0.4, -0.2) is 23.6 Å². The maximum absolute atomic E-state index is 9.02. The molecular weight excluding hydrogens is 338 g/mol. The molecule has 2 aromatic carbocycles. The van der Waals surface area contributed by atoms with Crippen LogP contribution >= 0.6 is 0 Å². The Balaban J connectivity index is 1.67. The van der Waals surface area contributed by atoms with Crippen molar-refractivity contribution >= 4 is 17.5 Å². The zero-order chi connectivity index (χ0) is 19.1. The second-order valence-corrected chi connectivity index (χ2v) is 6.02. The van der Waals surface area contributed by atoms with E-state index in [-0.39, 0.29) is 0 Å². The summed E-state index contributed by atoms with van der Waals surface area (Å²) < 4.78 is 5.39. The number of benzene rings is 2. The van der Waals surface area contributed by atoms with Crippen LogP contribution in [-0.2, 0) is 6.42 Å². The summed E-state index contributed by atoms with van der Waals surface area (Å²) in [7, 11) is 1.68. The van der Waals surface area contributed by atoms with Crippen molar-refractivity contribution in [1.29, 1.82) is 5.26 Å². The summed E-state index contributed by atoms with van der Waals surface area (Å²) >= 11 is 0. The molecule has 0 spiro atoms. The van der Waals surface area contributed by atoms with E-state index in [4.69, 9.17) is 10.00 Å². The molecular formula is C21H21N5O. The first-order valence-corrected chi connectivity index (χ1v) is 8.66. The number of aryl methyl sites for hydroxylation is 1. The molecule has 0 aliphatic rings. The Kier molecular flexibility index (Phi) is 5.85. The van der Waals surface area contributed by atoms with Crippen molar-refractivity contribution in [2.75, 3.05) is 24.3 Å². The number of rotatable bonds is 7. The number of nitrogens with one attached hydrogen (secondary N) is 2. The Labute approximate surface area is 158 Å². The molecule has 0 aliphatic heterocycles. The predicted molar refractivity (Wildman–Crippen MR) is 106 cm³/mol. The molecule has 1 heterocycles. The third-order valence-corrected chi connectivity index (χ3v) is 4.00. The molecule has 2 N–H and O–H groups in total. The number of ether oxygens (including phenoxy) is 1. The lowest BCUT2D eigenvalue weighted by Gasteiger charge is -2.11. The van der Waals surface area contributed by atoms with E-state index in [0.717, 1.165) is 41.5 Å². The summed E-state index contributed by atoms with van der Waals surface area (Å²) in [5.74, 6) is 2.12. The van der Waals surface area contributed by atoms with Crippen LogP contribution in [0.5, 0.6) is 5.75 Å². The molecule has 0 bridgehead atoms. The van der Waals surface area contributed by atoms with Gasteiger partial charge in [0.2, 0.25) is 5.95 Å². The minimum atomic E-state index is 0.491. The summed E-state index contributed by atoms with van der Waals surface area (Å²) in [5.41, 5.74) is 3.36. The topological polar surface area (TPSA) is 82.9 Å². The van der Waals surface area contributed by atoms with Gasteiger partial charge in [-0.2, -0.15) is 10.2 Å². The SMILES string of the molecule is COc1ccccc1CCNc1cc(C)nc(Nc2cccc(C#N)c2)n1. The molecule has 0 amide bonds. The van der Waals surface area contributed by atoms with Crippen LogP contribution in [0, 0.1) is 18.3 Å². The zero-order valence-electron chi connectivity index (χ0n) is 15.4. The zero-order valence-corrected chi connectivity index (χ0v) is 15.4. The molecule has 0 atom stereocenters. The van der Waals surface area contributed by atoms with Gasteiger partial charge < -0.3 is 15.4 Å². The fraction of sp³-hybridized carbons (Fsp3) is 0.190. The van der Waals surface area contributed by atoms with Gasteiger partial charge in [-0.1, -0.05) is 24.3 Å². The van der Waals surface area contributed by atoms with Gasteiger partial charge in [0.05, 0.1) is 18.7 Å². The number of methoxy groups -OCH3 is 1. The Morgan fingerprint density at radius 2 is 1.93 bits per heavy atom. The minimum Gasteiger partial charge on any atom is -0.496 e. The summed E-state index contributed by atoms with van der Waals surface area (Å²) in [5, 5.41) is 15.5.